The molecule has 1 saturated carbocycles. The van der Waals surface area contributed by atoms with E-state index in [-0.39, 0.29) is 13.0 Å². The van der Waals surface area contributed by atoms with Crippen molar-refractivity contribution in [2.24, 2.45) is 11.1 Å². The summed E-state index contributed by atoms with van der Waals surface area (Å²) >= 11 is 0. The fraction of sp³-hybridized carbons (Fsp3) is 0.786. The van der Waals surface area contributed by atoms with Crippen LogP contribution in [0.5, 0.6) is 0 Å². The van der Waals surface area contributed by atoms with Crippen LogP contribution in [0.1, 0.15) is 51.4 Å². The number of amides is 3. The number of nitrogens with two attached hydrogens (primary N) is 1. The summed E-state index contributed by atoms with van der Waals surface area (Å²) in [4.78, 5) is 33.8. The minimum absolute atomic E-state index is 0.143. The quantitative estimate of drug-likeness (QED) is 0.413. The third-order valence-electron chi connectivity index (χ3n) is 3.99. The van der Waals surface area contributed by atoms with Gasteiger partial charge < -0.3 is 21.5 Å². The number of hydrogen-bond donors (Lipinski definition) is 4. The molecule has 0 unspecified atom stereocenters. The lowest BCUT2D eigenvalue weighted by molar-refractivity contribution is -0.149. The van der Waals surface area contributed by atoms with Gasteiger partial charge in [-0.2, -0.15) is 0 Å². The second-order valence-corrected chi connectivity index (χ2v) is 5.68. The highest BCUT2D eigenvalue weighted by Gasteiger charge is 2.38. The van der Waals surface area contributed by atoms with Gasteiger partial charge in [-0.15, -0.1) is 0 Å². The molecule has 0 aromatic rings. The molecule has 0 aliphatic heterocycles. The van der Waals surface area contributed by atoms with E-state index in [0.29, 0.717) is 25.8 Å². The zero-order valence-electron chi connectivity index (χ0n) is 12.3. The summed E-state index contributed by atoms with van der Waals surface area (Å²) in [7, 11) is 0. The van der Waals surface area contributed by atoms with Crippen molar-refractivity contribution < 1.29 is 19.5 Å². The summed E-state index contributed by atoms with van der Waals surface area (Å²) in [5.41, 5.74) is 4.15. The van der Waals surface area contributed by atoms with Crippen molar-refractivity contribution in [2.45, 2.75) is 51.4 Å². The number of carboxylic acids is 1. The van der Waals surface area contributed by atoms with Crippen LogP contribution in [0.15, 0.2) is 0 Å². The second kappa shape index (κ2) is 8.49. The molecule has 0 aromatic heterocycles. The summed E-state index contributed by atoms with van der Waals surface area (Å²) in [6.45, 7) is 0.485. The summed E-state index contributed by atoms with van der Waals surface area (Å²) in [5, 5.41) is 14.7. The van der Waals surface area contributed by atoms with E-state index in [4.69, 9.17) is 5.73 Å². The normalized spacial score (nSPS) is 17.5. The minimum atomic E-state index is -0.846. The smallest absolute Gasteiger partial charge is 0.314 e. The van der Waals surface area contributed by atoms with Crippen LogP contribution < -0.4 is 16.4 Å². The predicted molar refractivity (Wildman–Crippen MR) is 77.6 cm³/mol. The van der Waals surface area contributed by atoms with Crippen molar-refractivity contribution in [2.75, 3.05) is 13.1 Å². The minimum Gasteiger partial charge on any atom is -0.481 e. The highest BCUT2D eigenvalue weighted by Crippen LogP contribution is 2.34. The molecule has 0 bridgehead atoms. The van der Waals surface area contributed by atoms with Gasteiger partial charge in [0.15, 0.2) is 0 Å². The Labute approximate surface area is 124 Å². The largest absolute Gasteiger partial charge is 0.481 e. The van der Waals surface area contributed by atoms with Crippen molar-refractivity contribution >= 4 is 17.9 Å². The third kappa shape index (κ3) is 6.01. The number of hydrogen-bond acceptors (Lipinski definition) is 3. The molecule has 0 saturated heterocycles. The Bertz CT molecular complexity index is 376. The molecule has 7 nitrogen and oxygen atoms in total. The fourth-order valence-electron chi connectivity index (χ4n) is 2.65. The molecule has 0 spiro atoms. The topological polar surface area (TPSA) is 122 Å². The number of nitrogens with one attached hydrogen (secondary N) is 2. The average molecular weight is 299 g/mol. The van der Waals surface area contributed by atoms with Crippen LogP contribution in [-0.2, 0) is 9.59 Å². The summed E-state index contributed by atoms with van der Waals surface area (Å²) in [5.74, 6) is -1.24. The molecule has 1 aliphatic rings. The Balaban J connectivity index is 2.37. The summed E-state index contributed by atoms with van der Waals surface area (Å²) in [6.07, 6.45) is 5.77. The first-order valence-corrected chi connectivity index (χ1v) is 7.50. The molecule has 5 N–H and O–H groups in total. The Kier molecular flexibility index (Phi) is 6.98. The monoisotopic (exact) mass is 299 g/mol. The molecule has 1 aliphatic carbocycles. The Hall–Kier alpha value is -1.79. The van der Waals surface area contributed by atoms with Crippen molar-refractivity contribution in [3.63, 3.8) is 0 Å². The van der Waals surface area contributed by atoms with E-state index < -0.39 is 23.3 Å². The molecule has 1 rings (SSSR count). The van der Waals surface area contributed by atoms with Crippen molar-refractivity contribution in [3.8, 4) is 0 Å². The van der Waals surface area contributed by atoms with Crippen LogP contribution in [0.25, 0.3) is 0 Å². The van der Waals surface area contributed by atoms with Crippen molar-refractivity contribution in [3.05, 3.63) is 0 Å². The zero-order chi connectivity index (χ0) is 15.7. The van der Waals surface area contributed by atoms with Crippen LogP contribution in [0, 0.1) is 5.41 Å². The molecular weight excluding hydrogens is 274 g/mol. The maximum Gasteiger partial charge on any atom is 0.314 e. The van der Waals surface area contributed by atoms with Gasteiger partial charge in [-0.05, 0) is 19.3 Å². The Morgan fingerprint density at radius 1 is 1.05 bits per heavy atom. The van der Waals surface area contributed by atoms with Gasteiger partial charge in [0.05, 0.1) is 5.41 Å². The number of carbonyl (C=O) groups is 3. The molecule has 0 radical (unpaired) electrons. The van der Waals surface area contributed by atoms with E-state index in [1.54, 1.807) is 0 Å². The highest BCUT2D eigenvalue weighted by atomic mass is 16.4. The summed E-state index contributed by atoms with van der Waals surface area (Å²) < 4.78 is 0. The molecule has 120 valence electrons. The van der Waals surface area contributed by atoms with Gasteiger partial charge in [-0.25, -0.2) is 4.79 Å². The maximum atomic E-state index is 11.6. The Morgan fingerprint density at radius 3 is 2.19 bits per heavy atom. The van der Waals surface area contributed by atoms with Gasteiger partial charge >= 0.3 is 12.0 Å². The average Bonchev–Trinajstić information content (AvgIpc) is 2.67. The van der Waals surface area contributed by atoms with E-state index in [1.807, 2.05) is 0 Å². The van der Waals surface area contributed by atoms with E-state index in [0.717, 1.165) is 25.7 Å². The molecule has 0 aromatic carbocycles. The molecule has 3 amide bonds. The predicted octanol–water partition coefficient (Wildman–Crippen LogP) is 0.976. The van der Waals surface area contributed by atoms with E-state index in [1.165, 1.54) is 0 Å². The molecule has 0 atom stereocenters. The lowest BCUT2D eigenvalue weighted by atomic mass is 9.80. The van der Waals surface area contributed by atoms with E-state index in [2.05, 4.69) is 10.6 Å². The van der Waals surface area contributed by atoms with Crippen LogP contribution in [0.3, 0.4) is 0 Å². The van der Waals surface area contributed by atoms with Gasteiger partial charge in [0.25, 0.3) is 0 Å². The van der Waals surface area contributed by atoms with Crippen LogP contribution in [0.4, 0.5) is 4.79 Å². The number of urea groups is 1. The van der Waals surface area contributed by atoms with Gasteiger partial charge in [-0.1, -0.05) is 25.7 Å². The SMILES string of the molecule is NC(=O)CCCNC(=O)NCC1(C(=O)O)CCCCCC1. The molecular formula is C14H25N3O4. The first kappa shape index (κ1) is 17.3. The molecule has 0 heterocycles. The number of aliphatic carboxylic acids is 1. The van der Waals surface area contributed by atoms with Crippen molar-refractivity contribution in [1.82, 2.24) is 10.6 Å². The number of carboxylic acid groups (broad SMARTS) is 1. The van der Waals surface area contributed by atoms with E-state index in [9.17, 15) is 19.5 Å². The Morgan fingerprint density at radius 2 is 1.67 bits per heavy atom. The maximum absolute atomic E-state index is 11.6. The third-order valence-corrected chi connectivity index (χ3v) is 3.99. The number of rotatable bonds is 7. The number of primary amides is 1. The highest BCUT2D eigenvalue weighted by molar-refractivity contribution is 5.78. The fourth-order valence-corrected chi connectivity index (χ4v) is 2.65. The first-order chi connectivity index (χ1) is 9.96. The van der Waals surface area contributed by atoms with Gasteiger partial charge in [0, 0.05) is 19.5 Å². The van der Waals surface area contributed by atoms with Crippen LogP contribution >= 0.6 is 0 Å². The second-order valence-electron chi connectivity index (χ2n) is 5.68. The van der Waals surface area contributed by atoms with Gasteiger partial charge in [0.1, 0.15) is 0 Å². The van der Waals surface area contributed by atoms with Gasteiger partial charge in [-0.3, -0.25) is 9.59 Å². The zero-order valence-corrected chi connectivity index (χ0v) is 12.3. The standard InChI is InChI=1S/C14H25N3O4/c15-11(18)6-5-9-16-13(21)17-10-14(12(19)20)7-3-1-2-4-8-14/h1-10H2,(H2,15,18)(H,19,20)(H2,16,17,21). The molecule has 1 fully saturated rings. The molecule has 7 heteroatoms. The van der Waals surface area contributed by atoms with Crippen LogP contribution in [-0.4, -0.2) is 36.1 Å². The lowest BCUT2D eigenvalue weighted by Gasteiger charge is -2.28. The first-order valence-electron chi connectivity index (χ1n) is 7.50. The van der Waals surface area contributed by atoms with Gasteiger partial charge in [0.2, 0.25) is 5.91 Å². The van der Waals surface area contributed by atoms with Crippen molar-refractivity contribution in [1.29, 1.82) is 0 Å². The summed E-state index contributed by atoms with van der Waals surface area (Å²) in [6, 6.07) is -0.399. The molecule has 21 heavy (non-hydrogen) atoms. The van der Waals surface area contributed by atoms with E-state index >= 15 is 0 Å². The van der Waals surface area contributed by atoms with Crippen LogP contribution in [0.2, 0.25) is 0 Å². The number of carbonyl (C=O) groups excluding carboxylic acids is 2. The lowest BCUT2D eigenvalue weighted by Crippen LogP contribution is -2.46.